The van der Waals surface area contributed by atoms with Crippen LogP contribution in [0.5, 0.6) is 0 Å². The first-order valence-electron chi connectivity index (χ1n) is 6.35. The highest BCUT2D eigenvalue weighted by atomic mass is 32.2. The summed E-state index contributed by atoms with van der Waals surface area (Å²) in [7, 11) is -3.49. The van der Waals surface area contributed by atoms with Crippen molar-refractivity contribution >= 4 is 16.1 Å². The summed E-state index contributed by atoms with van der Waals surface area (Å²) in [5.74, 6) is 0. The van der Waals surface area contributed by atoms with Crippen molar-refractivity contribution in [2.24, 2.45) is 0 Å². The van der Waals surface area contributed by atoms with Gasteiger partial charge in [0.05, 0.1) is 6.10 Å². The summed E-state index contributed by atoms with van der Waals surface area (Å²) in [6, 6.07) is 7.55. The van der Waals surface area contributed by atoms with Crippen LogP contribution >= 0.6 is 0 Å². The first-order valence-corrected chi connectivity index (χ1v) is 7.90. The number of aryl methyl sites for hydroxylation is 1. The largest absolute Gasteiger partial charge is 0.392 e. The first-order chi connectivity index (χ1) is 8.93. The SMILES string of the molecule is CCCC(O)CNS(=O)(=O)/C=C/c1ccc(C)cc1. The van der Waals surface area contributed by atoms with Gasteiger partial charge in [-0.3, -0.25) is 0 Å². The summed E-state index contributed by atoms with van der Waals surface area (Å²) >= 11 is 0. The van der Waals surface area contributed by atoms with E-state index < -0.39 is 16.1 Å². The van der Waals surface area contributed by atoms with E-state index in [2.05, 4.69) is 4.72 Å². The Morgan fingerprint density at radius 1 is 1.32 bits per heavy atom. The Hall–Kier alpha value is -1.17. The molecule has 0 fully saturated rings. The maximum absolute atomic E-state index is 11.7. The van der Waals surface area contributed by atoms with E-state index in [4.69, 9.17) is 0 Å². The third-order valence-corrected chi connectivity index (χ3v) is 3.72. The molecule has 1 atom stereocenters. The molecule has 0 aliphatic heterocycles. The monoisotopic (exact) mass is 283 g/mol. The Morgan fingerprint density at radius 3 is 2.53 bits per heavy atom. The quantitative estimate of drug-likeness (QED) is 0.805. The maximum atomic E-state index is 11.7. The van der Waals surface area contributed by atoms with Gasteiger partial charge in [-0.05, 0) is 25.0 Å². The number of hydrogen-bond donors (Lipinski definition) is 2. The topological polar surface area (TPSA) is 66.4 Å². The normalized spacial score (nSPS) is 13.8. The minimum Gasteiger partial charge on any atom is -0.392 e. The summed E-state index contributed by atoms with van der Waals surface area (Å²) < 4.78 is 25.7. The fourth-order valence-electron chi connectivity index (χ4n) is 1.54. The molecular weight excluding hydrogens is 262 g/mol. The van der Waals surface area contributed by atoms with E-state index >= 15 is 0 Å². The van der Waals surface area contributed by atoms with Gasteiger partial charge in [0.25, 0.3) is 0 Å². The van der Waals surface area contributed by atoms with Crippen LogP contribution in [0.4, 0.5) is 0 Å². The van der Waals surface area contributed by atoms with Gasteiger partial charge in [0.15, 0.2) is 0 Å². The molecule has 0 spiro atoms. The van der Waals surface area contributed by atoms with E-state index in [-0.39, 0.29) is 6.54 Å². The molecule has 2 N–H and O–H groups in total. The molecule has 5 heteroatoms. The summed E-state index contributed by atoms with van der Waals surface area (Å²) in [5, 5.41) is 10.6. The number of hydrogen-bond acceptors (Lipinski definition) is 3. The molecular formula is C14H21NO3S. The van der Waals surface area contributed by atoms with Gasteiger partial charge in [-0.2, -0.15) is 0 Å². The second-order valence-electron chi connectivity index (χ2n) is 4.55. The predicted molar refractivity (Wildman–Crippen MR) is 78.1 cm³/mol. The second-order valence-corrected chi connectivity index (χ2v) is 6.20. The lowest BCUT2D eigenvalue weighted by atomic mass is 10.2. The van der Waals surface area contributed by atoms with Gasteiger partial charge < -0.3 is 5.11 Å². The molecule has 1 unspecified atom stereocenters. The van der Waals surface area contributed by atoms with Crippen LogP contribution < -0.4 is 4.72 Å². The zero-order valence-corrected chi connectivity index (χ0v) is 12.2. The minimum atomic E-state index is -3.49. The van der Waals surface area contributed by atoms with E-state index in [0.717, 1.165) is 23.0 Å². The van der Waals surface area contributed by atoms with Crippen LogP contribution in [0.15, 0.2) is 29.7 Å². The smallest absolute Gasteiger partial charge is 0.233 e. The summed E-state index contributed by atoms with van der Waals surface area (Å²) in [6.45, 7) is 3.96. The molecule has 0 aliphatic carbocycles. The molecule has 0 bridgehead atoms. The van der Waals surface area contributed by atoms with Crippen LogP contribution in [0.2, 0.25) is 0 Å². The summed E-state index contributed by atoms with van der Waals surface area (Å²) in [5.41, 5.74) is 1.95. The van der Waals surface area contributed by atoms with Crippen molar-refractivity contribution in [1.82, 2.24) is 4.72 Å². The molecule has 4 nitrogen and oxygen atoms in total. The van der Waals surface area contributed by atoms with E-state index in [1.165, 1.54) is 6.08 Å². The van der Waals surface area contributed by atoms with Gasteiger partial charge in [-0.25, -0.2) is 13.1 Å². The molecule has 0 aromatic heterocycles. The van der Waals surface area contributed by atoms with Crippen molar-refractivity contribution in [1.29, 1.82) is 0 Å². The fourth-order valence-corrected chi connectivity index (χ4v) is 2.40. The predicted octanol–water partition coefficient (Wildman–Crippen LogP) is 2.05. The van der Waals surface area contributed by atoms with E-state index in [1.54, 1.807) is 0 Å². The molecule has 19 heavy (non-hydrogen) atoms. The van der Waals surface area contributed by atoms with E-state index in [0.29, 0.717) is 6.42 Å². The van der Waals surface area contributed by atoms with Gasteiger partial charge >= 0.3 is 0 Å². The van der Waals surface area contributed by atoms with Gasteiger partial charge in [-0.1, -0.05) is 43.2 Å². The van der Waals surface area contributed by atoms with Gasteiger partial charge in [-0.15, -0.1) is 0 Å². The van der Waals surface area contributed by atoms with Crippen molar-refractivity contribution in [3.8, 4) is 0 Å². The zero-order valence-electron chi connectivity index (χ0n) is 11.3. The van der Waals surface area contributed by atoms with Crippen LogP contribution in [0.1, 0.15) is 30.9 Å². The average Bonchev–Trinajstić information content (AvgIpc) is 2.36. The van der Waals surface area contributed by atoms with E-state index in [9.17, 15) is 13.5 Å². The van der Waals surface area contributed by atoms with Crippen molar-refractivity contribution < 1.29 is 13.5 Å². The lowest BCUT2D eigenvalue weighted by Gasteiger charge is -2.09. The third-order valence-electron chi connectivity index (χ3n) is 2.66. The molecule has 0 aliphatic rings. The molecule has 0 radical (unpaired) electrons. The summed E-state index contributed by atoms with van der Waals surface area (Å²) in [4.78, 5) is 0. The van der Waals surface area contributed by atoms with Gasteiger partial charge in [0.1, 0.15) is 0 Å². The number of aliphatic hydroxyl groups excluding tert-OH is 1. The average molecular weight is 283 g/mol. The Morgan fingerprint density at radius 2 is 1.95 bits per heavy atom. The molecule has 0 amide bonds. The van der Waals surface area contributed by atoms with Crippen molar-refractivity contribution in [3.63, 3.8) is 0 Å². The Labute approximate surface area is 115 Å². The first kappa shape index (κ1) is 15.9. The molecule has 1 aromatic rings. The highest BCUT2D eigenvalue weighted by Crippen LogP contribution is 2.06. The van der Waals surface area contributed by atoms with Crippen molar-refractivity contribution in [2.75, 3.05) is 6.54 Å². The van der Waals surface area contributed by atoms with E-state index in [1.807, 2.05) is 38.1 Å². The molecule has 0 saturated heterocycles. The minimum absolute atomic E-state index is 0.0500. The molecule has 1 rings (SSSR count). The van der Waals surface area contributed by atoms with Gasteiger partial charge in [0, 0.05) is 12.0 Å². The highest BCUT2D eigenvalue weighted by Gasteiger charge is 2.08. The van der Waals surface area contributed by atoms with Gasteiger partial charge in [0.2, 0.25) is 10.0 Å². The number of rotatable bonds is 7. The molecule has 0 heterocycles. The van der Waals surface area contributed by atoms with Crippen LogP contribution in [-0.2, 0) is 10.0 Å². The standard InChI is InChI=1S/C14H21NO3S/c1-3-4-14(16)11-15-19(17,18)10-9-13-7-5-12(2)6-8-13/h5-10,14-16H,3-4,11H2,1-2H3/b10-9+. The van der Waals surface area contributed by atoms with Crippen LogP contribution in [-0.4, -0.2) is 26.2 Å². The third kappa shape index (κ3) is 6.52. The number of nitrogens with one attached hydrogen (secondary N) is 1. The summed E-state index contributed by atoms with van der Waals surface area (Å²) in [6.07, 6.45) is 2.31. The van der Waals surface area contributed by atoms with Crippen molar-refractivity contribution in [2.45, 2.75) is 32.8 Å². The number of sulfonamides is 1. The molecule has 1 aromatic carbocycles. The number of aliphatic hydroxyl groups is 1. The maximum Gasteiger partial charge on any atom is 0.233 e. The van der Waals surface area contributed by atoms with Crippen LogP contribution in [0, 0.1) is 6.92 Å². The Bertz CT molecular complexity index is 506. The Balaban J connectivity index is 2.56. The zero-order chi connectivity index (χ0) is 14.3. The highest BCUT2D eigenvalue weighted by molar-refractivity contribution is 7.92. The van der Waals surface area contributed by atoms with Crippen molar-refractivity contribution in [3.05, 3.63) is 40.8 Å². The second kappa shape index (κ2) is 7.43. The lowest BCUT2D eigenvalue weighted by molar-refractivity contribution is 0.167. The molecule has 106 valence electrons. The number of benzene rings is 1. The lowest BCUT2D eigenvalue weighted by Crippen LogP contribution is -2.30. The van der Waals surface area contributed by atoms with Crippen LogP contribution in [0.3, 0.4) is 0 Å². The Kier molecular flexibility index (Phi) is 6.21. The van der Waals surface area contributed by atoms with Crippen LogP contribution in [0.25, 0.3) is 6.08 Å². The molecule has 0 saturated carbocycles. The fraction of sp³-hybridized carbons (Fsp3) is 0.429.